The van der Waals surface area contributed by atoms with Crippen molar-refractivity contribution in [2.45, 2.75) is 6.54 Å². The Hall–Kier alpha value is -1.95. The highest BCUT2D eigenvalue weighted by Crippen LogP contribution is 2.20. The lowest BCUT2D eigenvalue weighted by atomic mass is 10.2. The number of nitrogens with zero attached hydrogens (tertiary/aromatic N) is 2. The summed E-state index contributed by atoms with van der Waals surface area (Å²) in [6.45, 7) is 0.478. The number of hydrogen-bond donors (Lipinski definition) is 1. The van der Waals surface area contributed by atoms with Crippen molar-refractivity contribution in [1.29, 1.82) is 0 Å². The number of carboxylic acid groups (broad SMARTS) is 1. The third-order valence-electron chi connectivity index (χ3n) is 2.76. The molecule has 0 unspecified atom stereocenters. The highest BCUT2D eigenvalue weighted by Gasteiger charge is 2.16. The van der Waals surface area contributed by atoms with Crippen molar-refractivity contribution in [2.75, 3.05) is 11.9 Å². The average molecular weight is 339 g/mol. The van der Waals surface area contributed by atoms with Gasteiger partial charge in [-0.15, -0.1) is 0 Å². The van der Waals surface area contributed by atoms with Gasteiger partial charge in [0.25, 0.3) is 0 Å². The molecule has 2 rings (SSSR count). The van der Waals surface area contributed by atoms with E-state index in [1.54, 1.807) is 11.9 Å². The summed E-state index contributed by atoms with van der Waals surface area (Å²) in [5.74, 6) is -1.63. The van der Waals surface area contributed by atoms with E-state index in [1.807, 2.05) is 24.3 Å². The smallest absolute Gasteiger partial charge is 0.339 e. The van der Waals surface area contributed by atoms with Crippen LogP contribution in [-0.2, 0) is 6.54 Å². The van der Waals surface area contributed by atoms with Crippen LogP contribution in [0.25, 0.3) is 0 Å². The maximum absolute atomic E-state index is 13.1. The molecule has 1 N–H and O–H groups in total. The monoisotopic (exact) mass is 338 g/mol. The molecule has 0 aliphatic heterocycles. The molecule has 104 valence electrons. The summed E-state index contributed by atoms with van der Waals surface area (Å²) in [4.78, 5) is 16.7. The minimum Gasteiger partial charge on any atom is -0.478 e. The van der Waals surface area contributed by atoms with E-state index in [1.165, 1.54) is 0 Å². The molecular formula is C14H12BrFN2O2. The van der Waals surface area contributed by atoms with E-state index in [2.05, 4.69) is 20.9 Å². The zero-order valence-corrected chi connectivity index (χ0v) is 12.3. The fraction of sp³-hybridized carbons (Fsp3) is 0.143. The van der Waals surface area contributed by atoms with Gasteiger partial charge >= 0.3 is 5.97 Å². The van der Waals surface area contributed by atoms with E-state index >= 15 is 0 Å². The maximum atomic E-state index is 13.1. The van der Waals surface area contributed by atoms with E-state index < -0.39 is 11.8 Å². The lowest BCUT2D eigenvalue weighted by Gasteiger charge is -2.20. The fourth-order valence-electron chi connectivity index (χ4n) is 1.83. The van der Waals surface area contributed by atoms with Gasteiger partial charge in [0.2, 0.25) is 0 Å². The highest BCUT2D eigenvalue weighted by atomic mass is 79.9. The number of hydrogen-bond acceptors (Lipinski definition) is 3. The maximum Gasteiger partial charge on any atom is 0.339 e. The van der Waals surface area contributed by atoms with Crippen molar-refractivity contribution < 1.29 is 14.3 Å². The van der Waals surface area contributed by atoms with Crippen LogP contribution in [0.4, 0.5) is 10.2 Å². The Kier molecular flexibility index (Phi) is 4.34. The Bertz CT molecular complexity index is 632. The predicted molar refractivity (Wildman–Crippen MR) is 77.4 cm³/mol. The number of anilines is 1. The summed E-state index contributed by atoms with van der Waals surface area (Å²) in [5.41, 5.74) is 0.850. The third-order valence-corrected chi connectivity index (χ3v) is 3.29. The van der Waals surface area contributed by atoms with Gasteiger partial charge in [0, 0.05) is 18.1 Å². The fourth-order valence-corrected chi connectivity index (χ4v) is 2.10. The number of pyridine rings is 1. The molecule has 1 heterocycles. The normalized spacial score (nSPS) is 10.3. The first-order valence-electron chi connectivity index (χ1n) is 5.82. The van der Waals surface area contributed by atoms with Crippen molar-refractivity contribution in [2.24, 2.45) is 0 Å². The van der Waals surface area contributed by atoms with Crippen molar-refractivity contribution in [3.63, 3.8) is 0 Å². The van der Waals surface area contributed by atoms with Gasteiger partial charge in [-0.05, 0) is 23.8 Å². The summed E-state index contributed by atoms with van der Waals surface area (Å²) < 4.78 is 14.1. The molecule has 0 amide bonds. The van der Waals surface area contributed by atoms with Crippen LogP contribution in [0.5, 0.6) is 0 Å². The summed E-state index contributed by atoms with van der Waals surface area (Å²) in [7, 11) is 1.72. The average Bonchev–Trinajstić information content (AvgIpc) is 2.41. The molecule has 0 aliphatic rings. The second-order valence-electron chi connectivity index (χ2n) is 4.31. The first-order chi connectivity index (χ1) is 9.47. The lowest BCUT2D eigenvalue weighted by Crippen LogP contribution is -2.21. The molecule has 0 bridgehead atoms. The molecule has 20 heavy (non-hydrogen) atoms. The van der Waals surface area contributed by atoms with Crippen LogP contribution >= 0.6 is 15.9 Å². The molecule has 6 heteroatoms. The van der Waals surface area contributed by atoms with Crippen LogP contribution in [0.1, 0.15) is 15.9 Å². The first kappa shape index (κ1) is 14.5. The molecular weight excluding hydrogens is 327 g/mol. The second-order valence-corrected chi connectivity index (χ2v) is 5.23. The van der Waals surface area contributed by atoms with Crippen LogP contribution in [0.15, 0.2) is 41.0 Å². The molecule has 2 aromatic rings. The van der Waals surface area contributed by atoms with E-state index in [-0.39, 0.29) is 11.4 Å². The highest BCUT2D eigenvalue weighted by molar-refractivity contribution is 9.10. The molecule has 1 aromatic heterocycles. The quantitative estimate of drug-likeness (QED) is 0.929. The van der Waals surface area contributed by atoms with Gasteiger partial charge in [-0.3, -0.25) is 0 Å². The lowest BCUT2D eigenvalue weighted by molar-refractivity contribution is 0.0696. The van der Waals surface area contributed by atoms with Gasteiger partial charge in [-0.1, -0.05) is 28.1 Å². The third kappa shape index (κ3) is 3.33. The van der Waals surface area contributed by atoms with Crippen LogP contribution < -0.4 is 4.90 Å². The van der Waals surface area contributed by atoms with Gasteiger partial charge < -0.3 is 10.0 Å². The van der Waals surface area contributed by atoms with Gasteiger partial charge in [-0.25, -0.2) is 14.2 Å². The number of halogens is 2. The molecule has 0 saturated heterocycles. The number of rotatable bonds is 4. The Balaban J connectivity index is 2.27. The Morgan fingerprint density at radius 3 is 2.65 bits per heavy atom. The largest absolute Gasteiger partial charge is 0.478 e. The minimum atomic E-state index is -1.20. The van der Waals surface area contributed by atoms with Crippen LogP contribution in [0.2, 0.25) is 0 Å². The van der Waals surface area contributed by atoms with Gasteiger partial charge in [0.15, 0.2) is 0 Å². The molecule has 4 nitrogen and oxygen atoms in total. The van der Waals surface area contributed by atoms with Crippen molar-refractivity contribution in [1.82, 2.24) is 4.98 Å². The molecule has 0 fully saturated rings. The summed E-state index contributed by atoms with van der Waals surface area (Å²) in [6.07, 6.45) is 1.01. The second kappa shape index (κ2) is 6.00. The molecule has 0 saturated carbocycles. The zero-order chi connectivity index (χ0) is 14.7. The summed E-state index contributed by atoms with van der Waals surface area (Å²) >= 11 is 3.35. The van der Waals surface area contributed by atoms with Crippen LogP contribution in [-0.4, -0.2) is 23.1 Å². The van der Waals surface area contributed by atoms with E-state index in [9.17, 15) is 9.18 Å². The zero-order valence-electron chi connectivity index (χ0n) is 10.7. The number of benzene rings is 1. The van der Waals surface area contributed by atoms with E-state index in [4.69, 9.17) is 5.11 Å². The van der Waals surface area contributed by atoms with E-state index in [0.29, 0.717) is 6.54 Å². The van der Waals surface area contributed by atoms with Crippen molar-refractivity contribution in [3.8, 4) is 0 Å². The molecule has 0 aliphatic carbocycles. The van der Waals surface area contributed by atoms with Gasteiger partial charge in [-0.2, -0.15) is 0 Å². The molecule has 0 radical (unpaired) electrons. The number of aromatic nitrogens is 1. The van der Waals surface area contributed by atoms with Crippen LogP contribution in [0.3, 0.4) is 0 Å². The van der Waals surface area contributed by atoms with Crippen molar-refractivity contribution >= 4 is 27.7 Å². The number of aromatic carboxylic acids is 1. The summed E-state index contributed by atoms with van der Waals surface area (Å²) in [5, 5.41) is 9.10. The van der Waals surface area contributed by atoms with Gasteiger partial charge in [0.05, 0.1) is 6.20 Å². The Morgan fingerprint density at radius 2 is 2.05 bits per heavy atom. The topological polar surface area (TPSA) is 53.4 Å². The summed E-state index contributed by atoms with van der Waals surface area (Å²) in [6, 6.07) is 8.62. The predicted octanol–water partition coefficient (Wildman–Crippen LogP) is 3.32. The SMILES string of the molecule is CN(Cc1ccc(Br)cc1)c1ncc(F)cc1C(=O)O. The standard InChI is InChI=1S/C14H12BrFN2O2/c1-18(8-9-2-4-10(15)5-3-9)13-12(14(19)20)6-11(16)7-17-13/h2-7H,8H2,1H3,(H,19,20). The Morgan fingerprint density at radius 1 is 1.40 bits per heavy atom. The molecule has 0 atom stereocenters. The molecule has 0 spiro atoms. The number of carboxylic acids is 1. The van der Waals surface area contributed by atoms with Crippen molar-refractivity contribution in [3.05, 3.63) is 57.9 Å². The minimum absolute atomic E-state index is 0.149. The first-order valence-corrected chi connectivity index (χ1v) is 6.61. The van der Waals surface area contributed by atoms with E-state index in [0.717, 1.165) is 22.3 Å². The van der Waals surface area contributed by atoms with Gasteiger partial charge in [0.1, 0.15) is 17.2 Å². The number of carbonyl (C=O) groups is 1. The Labute approximate surface area is 124 Å². The van der Waals surface area contributed by atoms with Crippen LogP contribution in [0, 0.1) is 5.82 Å². The molecule has 1 aromatic carbocycles.